The second kappa shape index (κ2) is 7.28. The number of hydrogen-bond donors (Lipinski definition) is 1. The van der Waals surface area contributed by atoms with E-state index >= 15 is 0 Å². The number of nitrogens with one attached hydrogen (secondary N) is 1. The van der Waals surface area contributed by atoms with E-state index in [-0.39, 0.29) is 6.03 Å². The van der Waals surface area contributed by atoms with Crippen molar-refractivity contribution in [1.82, 2.24) is 25.1 Å². The first-order valence-corrected chi connectivity index (χ1v) is 9.74. The first-order valence-electron chi connectivity index (χ1n) is 9.74. The van der Waals surface area contributed by atoms with Crippen molar-refractivity contribution in [3.05, 3.63) is 23.8 Å². The van der Waals surface area contributed by atoms with Gasteiger partial charge in [-0.1, -0.05) is 0 Å². The first kappa shape index (κ1) is 16.8. The highest BCUT2D eigenvalue weighted by molar-refractivity contribution is 5.74. The minimum absolute atomic E-state index is 0.106. The number of carbonyl (C=O) groups excluding carboxylic acids is 1. The lowest BCUT2D eigenvalue weighted by Crippen LogP contribution is -2.57. The lowest BCUT2D eigenvalue weighted by atomic mass is 9.84. The van der Waals surface area contributed by atoms with Crippen molar-refractivity contribution in [1.29, 1.82) is 0 Å². The number of nitrogens with zero attached hydrogens (tertiary/aromatic N) is 4. The van der Waals surface area contributed by atoms with Gasteiger partial charge in [-0.15, -0.1) is 0 Å². The summed E-state index contributed by atoms with van der Waals surface area (Å²) in [5.74, 6) is 2.21. The number of piperidine rings is 2. The molecule has 1 aromatic heterocycles. The molecule has 0 aromatic carbocycles. The molecule has 0 unspecified atom stereocenters. The van der Waals surface area contributed by atoms with Crippen LogP contribution < -0.4 is 5.32 Å². The summed E-state index contributed by atoms with van der Waals surface area (Å²) in [6, 6.07) is 0.529. The molecule has 1 saturated carbocycles. The van der Waals surface area contributed by atoms with E-state index in [1.807, 2.05) is 12.4 Å². The zero-order chi connectivity index (χ0) is 17.2. The fourth-order valence-electron chi connectivity index (χ4n) is 4.30. The minimum atomic E-state index is 0.106. The highest BCUT2D eigenvalue weighted by Crippen LogP contribution is 2.37. The molecule has 3 fully saturated rings. The van der Waals surface area contributed by atoms with E-state index in [0.717, 1.165) is 50.3 Å². The van der Waals surface area contributed by atoms with E-state index in [1.165, 1.54) is 19.3 Å². The van der Waals surface area contributed by atoms with Gasteiger partial charge in [0.05, 0.1) is 0 Å². The molecule has 1 aromatic rings. The Morgan fingerprint density at radius 1 is 1.20 bits per heavy atom. The Morgan fingerprint density at radius 2 is 2.00 bits per heavy atom. The molecule has 6 heteroatoms. The van der Waals surface area contributed by atoms with E-state index in [2.05, 4.69) is 32.1 Å². The van der Waals surface area contributed by atoms with Gasteiger partial charge in [0.15, 0.2) is 0 Å². The van der Waals surface area contributed by atoms with Crippen LogP contribution in [-0.2, 0) is 6.42 Å². The Balaban J connectivity index is 1.26. The summed E-state index contributed by atoms with van der Waals surface area (Å²) in [6.07, 6.45) is 10.6. The predicted octanol–water partition coefficient (Wildman–Crippen LogP) is 2.02. The summed E-state index contributed by atoms with van der Waals surface area (Å²) in [5.41, 5.74) is 1.10. The highest BCUT2D eigenvalue weighted by atomic mass is 16.2. The van der Waals surface area contributed by atoms with Crippen LogP contribution in [0.25, 0.3) is 0 Å². The molecule has 6 nitrogen and oxygen atoms in total. The summed E-state index contributed by atoms with van der Waals surface area (Å²) < 4.78 is 0. The second-order valence-corrected chi connectivity index (χ2v) is 7.92. The van der Waals surface area contributed by atoms with Gasteiger partial charge in [-0.05, 0) is 63.6 Å². The normalized spacial score (nSPS) is 27.0. The second-order valence-electron chi connectivity index (χ2n) is 7.92. The fourth-order valence-corrected chi connectivity index (χ4v) is 4.30. The fraction of sp³-hybridized carbons (Fsp3) is 0.737. The Bertz CT molecular complexity index is 600. The largest absolute Gasteiger partial charge is 0.338 e. The van der Waals surface area contributed by atoms with Crippen molar-refractivity contribution in [3.63, 3.8) is 0 Å². The molecule has 1 aliphatic carbocycles. The summed E-state index contributed by atoms with van der Waals surface area (Å²) in [6.45, 7) is 3.77. The highest BCUT2D eigenvalue weighted by Gasteiger charge is 2.37. The van der Waals surface area contributed by atoms with Crippen LogP contribution in [-0.4, -0.2) is 65.1 Å². The minimum Gasteiger partial charge on any atom is -0.338 e. The third-order valence-corrected chi connectivity index (χ3v) is 5.89. The molecule has 2 atom stereocenters. The standard InChI is InChI=1S/C19H29N5O/c1-23-10-7-17-16(13-23)3-2-9-24(17)19(25)20-8-6-14-11-21-18(22-12-14)15-4-5-15/h11-12,15-17H,2-10,13H2,1H3,(H,20,25)/t16-,17-/m0/s1. The predicted molar refractivity (Wildman–Crippen MR) is 96.4 cm³/mol. The Morgan fingerprint density at radius 3 is 2.76 bits per heavy atom. The molecule has 2 amide bonds. The molecule has 2 saturated heterocycles. The van der Waals surface area contributed by atoms with Crippen molar-refractivity contribution < 1.29 is 4.79 Å². The van der Waals surface area contributed by atoms with E-state index in [1.54, 1.807) is 0 Å². The van der Waals surface area contributed by atoms with Crippen LogP contribution in [0, 0.1) is 5.92 Å². The lowest BCUT2D eigenvalue weighted by molar-refractivity contribution is 0.0534. The molecular formula is C19H29N5O. The maximum atomic E-state index is 12.6. The van der Waals surface area contributed by atoms with Crippen LogP contribution in [0.2, 0.25) is 0 Å². The summed E-state index contributed by atoms with van der Waals surface area (Å²) in [7, 11) is 2.19. The van der Waals surface area contributed by atoms with Gasteiger partial charge in [0, 0.05) is 44.0 Å². The Hall–Kier alpha value is -1.69. The summed E-state index contributed by atoms with van der Waals surface area (Å²) in [5, 5.41) is 3.11. The van der Waals surface area contributed by atoms with Gasteiger partial charge < -0.3 is 15.1 Å². The number of aromatic nitrogens is 2. The van der Waals surface area contributed by atoms with Crippen LogP contribution in [0.3, 0.4) is 0 Å². The molecule has 3 heterocycles. The molecule has 4 rings (SSSR count). The number of likely N-dealkylation sites (tertiary alicyclic amines) is 2. The quantitative estimate of drug-likeness (QED) is 0.909. The van der Waals surface area contributed by atoms with Gasteiger partial charge in [-0.25, -0.2) is 14.8 Å². The van der Waals surface area contributed by atoms with Gasteiger partial charge in [0.1, 0.15) is 5.82 Å². The maximum Gasteiger partial charge on any atom is 0.317 e. The summed E-state index contributed by atoms with van der Waals surface area (Å²) >= 11 is 0. The third kappa shape index (κ3) is 3.94. The van der Waals surface area contributed by atoms with Gasteiger partial charge >= 0.3 is 6.03 Å². The maximum absolute atomic E-state index is 12.6. The van der Waals surface area contributed by atoms with Crippen LogP contribution in [0.4, 0.5) is 4.79 Å². The molecule has 2 aliphatic heterocycles. The zero-order valence-electron chi connectivity index (χ0n) is 15.2. The first-order chi connectivity index (χ1) is 12.2. The molecule has 0 spiro atoms. The average molecular weight is 343 g/mol. The molecule has 0 bridgehead atoms. The summed E-state index contributed by atoms with van der Waals surface area (Å²) in [4.78, 5) is 26.0. The van der Waals surface area contributed by atoms with Crippen LogP contribution in [0.5, 0.6) is 0 Å². The van der Waals surface area contributed by atoms with Gasteiger partial charge in [0.25, 0.3) is 0 Å². The smallest absolute Gasteiger partial charge is 0.317 e. The number of urea groups is 1. The molecule has 3 aliphatic rings. The van der Waals surface area contributed by atoms with Crippen molar-refractivity contribution in [2.45, 2.75) is 50.5 Å². The molecule has 1 N–H and O–H groups in total. The van der Waals surface area contributed by atoms with E-state index in [9.17, 15) is 4.79 Å². The van der Waals surface area contributed by atoms with Gasteiger partial charge in [0.2, 0.25) is 0 Å². The van der Waals surface area contributed by atoms with Gasteiger partial charge in [-0.3, -0.25) is 0 Å². The van der Waals surface area contributed by atoms with Crippen LogP contribution in [0.1, 0.15) is 49.4 Å². The van der Waals surface area contributed by atoms with E-state index in [0.29, 0.717) is 24.4 Å². The Labute approximate surface area is 150 Å². The van der Waals surface area contributed by atoms with E-state index in [4.69, 9.17) is 0 Å². The molecule has 0 radical (unpaired) electrons. The lowest BCUT2D eigenvalue weighted by Gasteiger charge is -2.46. The monoisotopic (exact) mass is 343 g/mol. The van der Waals surface area contributed by atoms with Gasteiger partial charge in [-0.2, -0.15) is 0 Å². The number of rotatable bonds is 4. The van der Waals surface area contributed by atoms with Crippen molar-refractivity contribution in [2.24, 2.45) is 5.92 Å². The van der Waals surface area contributed by atoms with Crippen molar-refractivity contribution in [3.8, 4) is 0 Å². The van der Waals surface area contributed by atoms with Crippen molar-refractivity contribution >= 4 is 6.03 Å². The zero-order valence-corrected chi connectivity index (χ0v) is 15.2. The Kier molecular flexibility index (Phi) is 4.88. The average Bonchev–Trinajstić information content (AvgIpc) is 3.46. The van der Waals surface area contributed by atoms with Crippen LogP contribution >= 0.6 is 0 Å². The number of carbonyl (C=O) groups is 1. The topological polar surface area (TPSA) is 61.4 Å². The number of fused-ring (bicyclic) bond motifs is 1. The van der Waals surface area contributed by atoms with E-state index < -0.39 is 0 Å². The molecular weight excluding hydrogens is 314 g/mol. The third-order valence-electron chi connectivity index (χ3n) is 5.89. The number of hydrogen-bond acceptors (Lipinski definition) is 4. The van der Waals surface area contributed by atoms with Crippen LogP contribution in [0.15, 0.2) is 12.4 Å². The van der Waals surface area contributed by atoms with Crippen molar-refractivity contribution in [2.75, 3.05) is 33.2 Å². The molecule has 25 heavy (non-hydrogen) atoms. The SMILES string of the molecule is CN1CC[C@H]2[C@@H](CCCN2C(=O)NCCc2cnc(C3CC3)nc2)C1. The molecule has 136 valence electrons. The number of amides is 2.